The fraction of sp³-hybridized carbons (Fsp3) is 0.400. The molecule has 2 saturated heterocycles. The Labute approximate surface area is 204 Å². The van der Waals surface area contributed by atoms with E-state index >= 15 is 4.39 Å². The third-order valence-corrected chi connectivity index (χ3v) is 10.1. The first-order chi connectivity index (χ1) is 16.7. The van der Waals surface area contributed by atoms with Gasteiger partial charge >= 0.3 is 0 Å². The summed E-state index contributed by atoms with van der Waals surface area (Å²) in [6, 6.07) is 26.4. The molecule has 3 aromatic rings. The molecule has 4 heteroatoms. The van der Waals surface area contributed by atoms with E-state index in [1.54, 1.807) is 6.07 Å². The van der Waals surface area contributed by atoms with Gasteiger partial charge in [-0.2, -0.15) is 0 Å². The summed E-state index contributed by atoms with van der Waals surface area (Å²) < 4.78 is 28.6. The van der Waals surface area contributed by atoms with Gasteiger partial charge in [-0.25, -0.2) is 4.39 Å². The van der Waals surface area contributed by atoms with Crippen molar-refractivity contribution in [3.05, 3.63) is 84.7 Å². The molecular formula is C30H32FO2S+. The Bertz CT molecular complexity index is 1070. The second-order valence-electron chi connectivity index (χ2n) is 9.97. The Balaban J connectivity index is 1.32. The average molecular weight is 476 g/mol. The smallest absolute Gasteiger partial charge is 0.170 e. The van der Waals surface area contributed by atoms with Crippen molar-refractivity contribution < 1.29 is 13.9 Å². The Morgan fingerprint density at radius 1 is 0.794 bits per heavy atom. The van der Waals surface area contributed by atoms with Crippen LogP contribution in [0.2, 0.25) is 0 Å². The van der Waals surface area contributed by atoms with Gasteiger partial charge in [0, 0.05) is 12.0 Å². The summed E-state index contributed by atoms with van der Waals surface area (Å²) in [5.41, 5.74) is -0.291. The molecule has 1 saturated carbocycles. The molecule has 3 atom stereocenters. The van der Waals surface area contributed by atoms with Gasteiger partial charge in [-0.05, 0) is 81.3 Å². The van der Waals surface area contributed by atoms with Crippen molar-refractivity contribution >= 4 is 10.9 Å². The van der Waals surface area contributed by atoms with Gasteiger partial charge in [-0.3, -0.25) is 0 Å². The van der Waals surface area contributed by atoms with Gasteiger partial charge in [0.05, 0.1) is 23.1 Å². The Morgan fingerprint density at radius 2 is 1.47 bits per heavy atom. The molecule has 2 aliphatic heterocycles. The third-order valence-electron chi connectivity index (χ3n) is 7.89. The first-order valence-corrected chi connectivity index (χ1v) is 13.9. The fourth-order valence-electron chi connectivity index (χ4n) is 6.32. The van der Waals surface area contributed by atoms with E-state index in [4.69, 9.17) is 9.47 Å². The molecule has 3 aliphatic rings. The lowest BCUT2D eigenvalue weighted by atomic mass is 9.69. The minimum atomic E-state index is -0.369. The number of rotatable bonds is 6. The maximum Gasteiger partial charge on any atom is 0.170 e. The number of ether oxygens (including phenoxy) is 2. The molecule has 176 valence electrons. The van der Waals surface area contributed by atoms with Crippen LogP contribution in [0.4, 0.5) is 4.39 Å². The SMILES string of the molecule is Fc1cc([S+](c2ccccc2)c2ccccc2)ccc1OC1(C2CC3CCC2O3)CCCCC1. The van der Waals surface area contributed by atoms with Crippen LogP contribution in [0.1, 0.15) is 51.4 Å². The lowest BCUT2D eigenvalue weighted by molar-refractivity contribution is -0.0522. The van der Waals surface area contributed by atoms with Gasteiger partial charge in [0.25, 0.3) is 0 Å². The zero-order valence-corrected chi connectivity index (χ0v) is 20.3. The number of benzene rings is 3. The van der Waals surface area contributed by atoms with Crippen molar-refractivity contribution in [2.24, 2.45) is 5.92 Å². The van der Waals surface area contributed by atoms with Crippen LogP contribution in [0.5, 0.6) is 5.75 Å². The monoisotopic (exact) mass is 475 g/mol. The molecular weight excluding hydrogens is 443 g/mol. The fourth-order valence-corrected chi connectivity index (χ4v) is 8.42. The topological polar surface area (TPSA) is 18.5 Å². The van der Waals surface area contributed by atoms with Gasteiger partial charge < -0.3 is 9.47 Å². The Hall–Kier alpha value is -2.30. The van der Waals surface area contributed by atoms with Crippen molar-refractivity contribution in [2.75, 3.05) is 0 Å². The second-order valence-corrected chi connectivity index (χ2v) is 12.0. The molecule has 3 fully saturated rings. The van der Waals surface area contributed by atoms with Crippen LogP contribution in [0.3, 0.4) is 0 Å². The van der Waals surface area contributed by atoms with Gasteiger partial charge in [0.1, 0.15) is 5.60 Å². The van der Waals surface area contributed by atoms with Crippen molar-refractivity contribution in [3.8, 4) is 5.75 Å². The number of halogens is 1. The van der Waals surface area contributed by atoms with Crippen LogP contribution < -0.4 is 4.74 Å². The van der Waals surface area contributed by atoms with Gasteiger partial charge in [0.15, 0.2) is 26.3 Å². The highest BCUT2D eigenvalue weighted by Crippen LogP contribution is 2.50. The molecule has 1 aliphatic carbocycles. The maximum atomic E-state index is 15.7. The highest BCUT2D eigenvalue weighted by molar-refractivity contribution is 7.97. The van der Waals surface area contributed by atoms with E-state index < -0.39 is 0 Å². The summed E-state index contributed by atoms with van der Waals surface area (Å²) in [6.45, 7) is 0. The van der Waals surface area contributed by atoms with Crippen molar-refractivity contribution in [2.45, 2.75) is 83.9 Å². The molecule has 6 rings (SSSR count). The lowest BCUT2D eigenvalue weighted by Crippen LogP contribution is -2.49. The summed E-state index contributed by atoms with van der Waals surface area (Å²) in [6.07, 6.45) is 9.57. The number of hydrogen-bond acceptors (Lipinski definition) is 2. The van der Waals surface area contributed by atoms with E-state index in [0.717, 1.165) is 43.4 Å². The van der Waals surface area contributed by atoms with Crippen molar-refractivity contribution in [1.82, 2.24) is 0 Å². The summed E-state index contributed by atoms with van der Waals surface area (Å²) in [5.74, 6) is 0.530. The predicted molar refractivity (Wildman–Crippen MR) is 134 cm³/mol. The molecule has 2 heterocycles. The minimum Gasteiger partial charge on any atom is -0.484 e. The van der Waals surface area contributed by atoms with E-state index in [2.05, 4.69) is 54.6 Å². The quantitative estimate of drug-likeness (QED) is 0.342. The highest BCUT2D eigenvalue weighted by Gasteiger charge is 2.53. The first-order valence-electron chi connectivity index (χ1n) is 12.7. The number of hydrogen-bond donors (Lipinski definition) is 0. The van der Waals surface area contributed by atoms with Crippen LogP contribution in [0.15, 0.2) is 93.5 Å². The van der Waals surface area contributed by atoms with Crippen molar-refractivity contribution in [1.29, 1.82) is 0 Å². The highest BCUT2D eigenvalue weighted by atomic mass is 32.2. The van der Waals surface area contributed by atoms with Gasteiger partial charge in [0.2, 0.25) is 0 Å². The largest absolute Gasteiger partial charge is 0.484 e. The van der Waals surface area contributed by atoms with Crippen LogP contribution in [0.25, 0.3) is 0 Å². The molecule has 2 nitrogen and oxygen atoms in total. The molecule has 3 unspecified atom stereocenters. The predicted octanol–water partition coefficient (Wildman–Crippen LogP) is 7.57. The molecule has 0 radical (unpaired) electrons. The number of fused-ring (bicyclic) bond motifs is 2. The van der Waals surface area contributed by atoms with E-state index in [1.165, 1.54) is 22.6 Å². The van der Waals surface area contributed by atoms with Crippen LogP contribution in [-0.4, -0.2) is 17.8 Å². The molecule has 34 heavy (non-hydrogen) atoms. The van der Waals surface area contributed by atoms with E-state index in [9.17, 15) is 0 Å². The van der Waals surface area contributed by atoms with Gasteiger partial charge in [-0.1, -0.05) is 42.8 Å². The molecule has 0 amide bonds. The molecule has 0 aromatic heterocycles. The standard InChI is InChI=1S/C30H32FO2S/c31-27-21-25(34(23-10-4-1-5-11-23)24-12-6-2-7-13-24)15-17-29(27)33-30(18-8-3-9-19-30)26-20-22-14-16-28(26)32-22/h1-2,4-7,10-13,15,17,21-22,26,28H,3,8-9,14,16,18-20H2/q+1. The Kier molecular flexibility index (Phi) is 6.13. The average Bonchev–Trinajstić information content (AvgIpc) is 3.52. The maximum absolute atomic E-state index is 15.7. The van der Waals surface area contributed by atoms with Crippen LogP contribution >= 0.6 is 0 Å². The molecule has 0 spiro atoms. The normalized spacial score (nSPS) is 25.5. The second kappa shape index (κ2) is 9.39. The van der Waals surface area contributed by atoms with E-state index in [0.29, 0.717) is 17.8 Å². The summed E-state index contributed by atoms with van der Waals surface area (Å²) in [7, 11) is -0.369. The van der Waals surface area contributed by atoms with Crippen molar-refractivity contribution in [3.63, 3.8) is 0 Å². The molecule has 3 aromatic carbocycles. The minimum absolute atomic E-state index is 0.254. The van der Waals surface area contributed by atoms with E-state index in [-0.39, 0.29) is 28.4 Å². The van der Waals surface area contributed by atoms with E-state index in [1.807, 2.05) is 18.2 Å². The van der Waals surface area contributed by atoms with Gasteiger partial charge in [-0.15, -0.1) is 0 Å². The third kappa shape index (κ3) is 4.16. The zero-order chi connectivity index (χ0) is 23.0. The summed E-state index contributed by atoms with van der Waals surface area (Å²) >= 11 is 0. The first kappa shape index (κ1) is 22.2. The molecule has 0 N–H and O–H groups in total. The summed E-state index contributed by atoms with van der Waals surface area (Å²) in [5, 5.41) is 0. The van der Waals surface area contributed by atoms with Crippen LogP contribution in [0, 0.1) is 11.7 Å². The Morgan fingerprint density at radius 3 is 2.03 bits per heavy atom. The van der Waals surface area contributed by atoms with Crippen LogP contribution in [-0.2, 0) is 15.6 Å². The summed E-state index contributed by atoms with van der Waals surface area (Å²) in [4.78, 5) is 3.34. The zero-order valence-electron chi connectivity index (χ0n) is 19.5. The lowest BCUT2D eigenvalue weighted by Gasteiger charge is -2.44. The molecule has 2 bridgehead atoms.